The fraction of sp³-hybridized carbons (Fsp3) is 0.214. The number of nitrogens with zero attached hydrogens (tertiary/aromatic N) is 1. The average molecular weight is 244 g/mol. The summed E-state index contributed by atoms with van der Waals surface area (Å²) in [6.07, 6.45) is 3.62. The average Bonchev–Trinajstić information content (AvgIpc) is 2.38. The van der Waals surface area contributed by atoms with E-state index in [1.807, 2.05) is 37.5 Å². The molecular weight excluding hydrogens is 228 g/mol. The maximum atomic E-state index is 6.08. The highest BCUT2D eigenvalue weighted by atomic mass is 32.2. The molecule has 0 saturated heterocycles. The SMILES string of the molecule is CC(N)C(Sc1ccncc1)c1ccccc1. The molecule has 2 rings (SSSR count). The van der Waals surface area contributed by atoms with Crippen LogP contribution in [0.15, 0.2) is 59.8 Å². The van der Waals surface area contributed by atoms with E-state index < -0.39 is 0 Å². The van der Waals surface area contributed by atoms with Gasteiger partial charge < -0.3 is 5.73 Å². The summed E-state index contributed by atoms with van der Waals surface area (Å²) in [5.41, 5.74) is 7.35. The second-order valence-electron chi connectivity index (χ2n) is 3.99. The Hall–Kier alpha value is -1.32. The van der Waals surface area contributed by atoms with Crippen LogP contribution < -0.4 is 5.73 Å². The third kappa shape index (κ3) is 3.32. The monoisotopic (exact) mass is 244 g/mol. The van der Waals surface area contributed by atoms with E-state index >= 15 is 0 Å². The fourth-order valence-electron chi connectivity index (χ4n) is 1.69. The van der Waals surface area contributed by atoms with Crippen molar-refractivity contribution in [3.63, 3.8) is 0 Å². The number of benzene rings is 1. The molecule has 0 fully saturated rings. The van der Waals surface area contributed by atoms with Crippen LogP contribution in [0.5, 0.6) is 0 Å². The zero-order valence-electron chi connectivity index (χ0n) is 9.78. The van der Waals surface area contributed by atoms with Gasteiger partial charge in [0, 0.05) is 28.6 Å². The molecule has 0 amide bonds. The highest BCUT2D eigenvalue weighted by Gasteiger charge is 2.17. The van der Waals surface area contributed by atoms with Gasteiger partial charge in [-0.25, -0.2) is 0 Å². The van der Waals surface area contributed by atoms with E-state index in [1.54, 1.807) is 11.8 Å². The van der Waals surface area contributed by atoms with Gasteiger partial charge in [-0.15, -0.1) is 11.8 Å². The van der Waals surface area contributed by atoms with E-state index in [4.69, 9.17) is 5.73 Å². The Morgan fingerprint density at radius 1 is 1.06 bits per heavy atom. The number of rotatable bonds is 4. The van der Waals surface area contributed by atoms with Crippen molar-refractivity contribution in [3.05, 3.63) is 60.4 Å². The third-order valence-corrected chi connectivity index (χ3v) is 4.02. The molecule has 0 aliphatic heterocycles. The van der Waals surface area contributed by atoms with Crippen LogP contribution in [0.25, 0.3) is 0 Å². The first-order valence-corrected chi connectivity index (χ1v) is 6.52. The minimum Gasteiger partial charge on any atom is -0.327 e. The lowest BCUT2D eigenvalue weighted by atomic mass is 10.1. The van der Waals surface area contributed by atoms with Crippen molar-refractivity contribution in [2.75, 3.05) is 0 Å². The first kappa shape index (κ1) is 12.1. The van der Waals surface area contributed by atoms with Gasteiger partial charge in [-0.05, 0) is 24.6 Å². The van der Waals surface area contributed by atoms with Crippen molar-refractivity contribution >= 4 is 11.8 Å². The molecule has 1 heterocycles. The molecule has 0 aliphatic rings. The molecule has 2 aromatic rings. The summed E-state index contributed by atoms with van der Waals surface area (Å²) >= 11 is 1.78. The minimum absolute atomic E-state index is 0.107. The summed E-state index contributed by atoms with van der Waals surface area (Å²) in [5, 5.41) is 0.276. The number of thioether (sulfide) groups is 1. The lowest BCUT2D eigenvalue weighted by molar-refractivity contribution is 0.721. The molecule has 0 aliphatic carbocycles. The van der Waals surface area contributed by atoms with E-state index in [0.717, 1.165) is 0 Å². The predicted molar refractivity (Wildman–Crippen MR) is 72.9 cm³/mol. The number of pyridine rings is 1. The minimum atomic E-state index is 0.107. The summed E-state index contributed by atoms with van der Waals surface area (Å²) in [6, 6.07) is 14.5. The number of hydrogen-bond acceptors (Lipinski definition) is 3. The van der Waals surface area contributed by atoms with Crippen LogP contribution in [-0.2, 0) is 0 Å². The van der Waals surface area contributed by atoms with Gasteiger partial charge in [-0.2, -0.15) is 0 Å². The zero-order valence-corrected chi connectivity index (χ0v) is 10.6. The Morgan fingerprint density at radius 2 is 1.71 bits per heavy atom. The van der Waals surface area contributed by atoms with Gasteiger partial charge in [0.05, 0.1) is 0 Å². The third-order valence-electron chi connectivity index (χ3n) is 2.52. The lowest BCUT2D eigenvalue weighted by Crippen LogP contribution is -2.22. The molecule has 17 heavy (non-hydrogen) atoms. The van der Waals surface area contributed by atoms with Crippen LogP contribution in [0.2, 0.25) is 0 Å². The molecule has 1 aromatic heterocycles. The van der Waals surface area contributed by atoms with Crippen molar-refractivity contribution in [1.29, 1.82) is 0 Å². The summed E-state index contributed by atoms with van der Waals surface area (Å²) in [5.74, 6) is 0. The van der Waals surface area contributed by atoms with Crippen molar-refractivity contribution in [2.45, 2.75) is 23.1 Å². The van der Waals surface area contributed by atoms with Gasteiger partial charge in [0.2, 0.25) is 0 Å². The second-order valence-corrected chi connectivity index (χ2v) is 5.21. The highest BCUT2D eigenvalue weighted by molar-refractivity contribution is 7.99. The Bertz CT molecular complexity index is 442. The first-order chi connectivity index (χ1) is 8.27. The van der Waals surface area contributed by atoms with Crippen molar-refractivity contribution in [3.8, 4) is 0 Å². The Balaban J connectivity index is 2.20. The molecule has 2 unspecified atom stereocenters. The fourth-order valence-corrected chi connectivity index (χ4v) is 2.76. The van der Waals surface area contributed by atoms with Gasteiger partial charge in [-0.1, -0.05) is 30.3 Å². The molecule has 2 atom stereocenters. The molecule has 1 aromatic carbocycles. The molecule has 2 N–H and O–H groups in total. The topological polar surface area (TPSA) is 38.9 Å². The van der Waals surface area contributed by atoms with Gasteiger partial charge >= 0.3 is 0 Å². The van der Waals surface area contributed by atoms with Crippen LogP contribution in [0, 0.1) is 0 Å². The number of hydrogen-bond donors (Lipinski definition) is 1. The largest absolute Gasteiger partial charge is 0.327 e. The van der Waals surface area contributed by atoms with E-state index in [0.29, 0.717) is 0 Å². The Kier molecular flexibility index (Phi) is 4.18. The quantitative estimate of drug-likeness (QED) is 0.839. The second kappa shape index (κ2) is 5.84. The van der Waals surface area contributed by atoms with Crippen molar-refractivity contribution < 1.29 is 0 Å². The van der Waals surface area contributed by atoms with Gasteiger partial charge in [-0.3, -0.25) is 4.98 Å². The van der Waals surface area contributed by atoms with Crippen molar-refractivity contribution in [1.82, 2.24) is 4.98 Å². The Labute approximate surface area is 106 Å². The number of nitrogens with two attached hydrogens (primary N) is 1. The van der Waals surface area contributed by atoms with E-state index in [1.165, 1.54) is 10.5 Å². The molecule has 0 bridgehead atoms. The molecule has 0 radical (unpaired) electrons. The molecule has 2 nitrogen and oxygen atoms in total. The van der Waals surface area contributed by atoms with Gasteiger partial charge in [0.1, 0.15) is 0 Å². The first-order valence-electron chi connectivity index (χ1n) is 5.64. The van der Waals surface area contributed by atoms with Crippen LogP contribution >= 0.6 is 11.8 Å². The number of aromatic nitrogens is 1. The molecule has 0 saturated carbocycles. The van der Waals surface area contributed by atoms with Crippen LogP contribution in [0.3, 0.4) is 0 Å². The highest BCUT2D eigenvalue weighted by Crippen LogP contribution is 2.36. The maximum Gasteiger partial charge on any atom is 0.0492 e. The van der Waals surface area contributed by atoms with E-state index in [-0.39, 0.29) is 11.3 Å². The zero-order chi connectivity index (χ0) is 12.1. The summed E-state index contributed by atoms with van der Waals surface area (Å²) < 4.78 is 0. The van der Waals surface area contributed by atoms with Crippen molar-refractivity contribution in [2.24, 2.45) is 5.73 Å². The molecule has 88 valence electrons. The van der Waals surface area contributed by atoms with E-state index in [2.05, 4.69) is 29.2 Å². The maximum absolute atomic E-state index is 6.08. The molecule has 0 spiro atoms. The normalized spacial score (nSPS) is 14.2. The standard InChI is InChI=1S/C14H16N2S/c1-11(15)14(12-5-3-2-4-6-12)17-13-7-9-16-10-8-13/h2-11,14H,15H2,1H3. The van der Waals surface area contributed by atoms with Gasteiger partial charge in [0.25, 0.3) is 0 Å². The smallest absolute Gasteiger partial charge is 0.0492 e. The van der Waals surface area contributed by atoms with E-state index in [9.17, 15) is 0 Å². The Morgan fingerprint density at radius 3 is 2.29 bits per heavy atom. The molecule has 3 heteroatoms. The van der Waals surface area contributed by atoms with Crippen LogP contribution in [0.1, 0.15) is 17.7 Å². The summed E-state index contributed by atoms with van der Waals surface area (Å²) in [6.45, 7) is 2.05. The van der Waals surface area contributed by atoms with Crippen LogP contribution in [0.4, 0.5) is 0 Å². The predicted octanol–water partition coefficient (Wildman–Crippen LogP) is 3.26. The molecular formula is C14H16N2S. The lowest BCUT2D eigenvalue weighted by Gasteiger charge is -2.20. The summed E-state index contributed by atoms with van der Waals surface area (Å²) in [4.78, 5) is 5.23. The summed E-state index contributed by atoms with van der Waals surface area (Å²) in [7, 11) is 0. The van der Waals surface area contributed by atoms with Gasteiger partial charge in [0.15, 0.2) is 0 Å². The van der Waals surface area contributed by atoms with Crippen LogP contribution in [-0.4, -0.2) is 11.0 Å².